The van der Waals surface area contributed by atoms with Crippen molar-refractivity contribution in [2.75, 3.05) is 4.90 Å². The molecule has 21 heavy (non-hydrogen) atoms. The minimum Gasteiger partial charge on any atom is -0.350 e. The molecule has 0 aliphatic carbocycles. The van der Waals surface area contributed by atoms with E-state index in [4.69, 9.17) is 11.6 Å². The van der Waals surface area contributed by atoms with Crippen LogP contribution in [-0.2, 0) is 13.6 Å². The van der Waals surface area contributed by atoms with Gasteiger partial charge in [-0.05, 0) is 41.3 Å². The quantitative estimate of drug-likeness (QED) is 0.666. The summed E-state index contributed by atoms with van der Waals surface area (Å²) in [4.78, 5) is 14.4. The molecule has 104 valence electrons. The Kier molecular flexibility index (Phi) is 2.59. The van der Waals surface area contributed by atoms with Crippen LogP contribution in [0.5, 0.6) is 0 Å². The van der Waals surface area contributed by atoms with E-state index in [0.717, 1.165) is 16.8 Å². The molecule has 0 N–H and O–H groups in total. The standard InChI is InChI=1S/C17H13ClN2O/c1-19-7-6-11-3-5-14(9-16(11)19)20-10-12-2-4-13(18)8-15(12)17(20)21/h2-9H,10H2,1H3. The van der Waals surface area contributed by atoms with Gasteiger partial charge in [-0.3, -0.25) is 4.79 Å². The highest BCUT2D eigenvalue weighted by molar-refractivity contribution is 6.31. The minimum atomic E-state index is 0.0149. The normalized spacial score (nSPS) is 14.0. The fourth-order valence-corrected chi connectivity index (χ4v) is 3.07. The molecule has 2 heterocycles. The molecule has 0 fully saturated rings. The predicted molar refractivity (Wildman–Crippen MR) is 84.9 cm³/mol. The highest BCUT2D eigenvalue weighted by atomic mass is 35.5. The Bertz CT molecular complexity index is 882. The number of aromatic nitrogens is 1. The van der Waals surface area contributed by atoms with Crippen LogP contribution < -0.4 is 4.90 Å². The van der Waals surface area contributed by atoms with Gasteiger partial charge < -0.3 is 9.47 Å². The van der Waals surface area contributed by atoms with Gasteiger partial charge >= 0.3 is 0 Å². The third-order valence-corrected chi connectivity index (χ3v) is 4.29. The number of halogens is 1. The molecule has 0 saturated carbocycles. The molecule has 2 aromatic carbocycles. The van der Waals surface area contributed by atoms with Crippen LogP contribution in [0, 0.1) is 0 Å². The summed E-state index contributed by atoms with van der Waals surface area (Å²) in [7, 11) is 2.01. The van der Waals surface area contributed by atoms with Crippen molar-refractivity contribution in [2.24, 2.45) is 7.05 Å². The van der Waals surface area contributed by atoms with Gasteiger partial charge in [0.2, 0.25) is 0 Å². The Hall–Kier alpha value is -2.26. The van der Waals surface area contributed by atoms with Crippen LogP contribution in [0.4, 0.5) is 5.69 Å². The van der Waals surface area contributed by atoms with E-state index >= 15 is 0 Å². The second kappa shape index (κ2) is 4.37. The zero-order valence-corrected chi connectivity index (χ0v) is 12.3. The van der Waals surface area contributed by atoms with Crippen LogP contribution in [0.3, 0.4) is 0 Å². The molecule has 1 aromatic heterocycles. The first-order chi connectivity index (χ1) is 10.1. The molecule has 3 aromatic rings. The van der Waals surface area contributed by atoms with Gasteiger partial charge in [0.25, 0.3) is 5.91 Å². The van der Waals surface area contributed by atoms with Crippen molar-refractivity contribution >= 4 is 34.1 Å². The molecule has 0 spiro atoms. The summed E-state index contributed by atoms with van der Waals surface area (Å²) in [5.41, 5.74) is 3.77. The lowest BCUT2D eigenvalue weighted by atomic mass is 10.1. The van der Waals surface area contributed by atoms with Gasteiger partial charge in [0.05, 0.1) is 6.54 Å². The summed E-state index contributed by atoms with van der Waals surface area (Å²) in [6.07, 6.45) is 2.02. The van der Waals surface area contributed by atoms with Gasteiger partial charge in [0.1, 0.15) is 0 Å². The third kappa shape index (κ3) is 1.85. The smallest absolute Gasteiger partial charge is 0.258 e. The zero-order chi connectivity index (χ0) is 14.6. The molecule has 0 radical (unpaired) electrons. The fraction of sp³-hybridized carbons (Fsp3) is 0.118. The highest BCUT2D eigenvalue weighted by Gasteiger charge is 2.28. The first kappa shape index (κ1) is 12.5. The van der Waals surface area contributed by atoms with Gasteiger partial charge in [0.15, 0.2) is 0 Å². The number of carbonyl (C=O) groups is 1. The highest BCUT2D eigenvalue weighted by Crippen LogP contribution is 2.31. The maximum atomic E-state index is 12.6. The monoisotopic (exact) mass is 296 g/mol. The summed E-state index contributed by atoms with van der Waals surface area (Å²) < 4.78 is 2.06. The number of carbonyl (C=O) groups excluding carboxylic acids is 1. The maximum Gasteiger partial charge on any atom is 0.258 e. The van der Waals surface area contributed by atoms with Crippen molar-refractivity contribution in [1.82, 2.24) is 4.57 Å². The molecule has 0 atom stereocenters. The lowest BCUT2D eigenvalue weighted by Crippen LogP contribution is -2.22. The van der Waals surface area contributed by atoms with Crippen LogP contribution in [-0.4, -0.2) is 10.5 Å². The van der Waals surface area contributed by atoms with Gasteiger partial charge in [-0.25, -0.2) is 0 Å². The average Bonchev–Trinajstić information content (AvgIpc) is 3.01. The van der Waals surface area contributed by atoms with E-state index in [0.29, 0.717) is 17.1 Å². The molecule has 1 aliphatic rings. The van der Waals surface area contributed by atoms with Crippen LogP contribution in [0.1, 0.15) is 15.9 Å². The van der Waals surface area contributed by atoms with Gasteiger partial charge in [-0.1, -0.05) is 23.7 Å². The van der Waals surface area contributed by atoms with E-state index in [1.54, 1.807) is 11.0 Å². The van der Waals surface area contributed by atoms with E-state index in [9.17, 15) is 4.79 Å². The molecule has 1 amide bonds. The summed E-state index contributed by atoms with van der Waals surface area (Å²) in [5.74, 6) is 0.0149. The third-order valence-electron chi connectivity index (χ3n) is 4.06. The number of aryl methyl sites for hydroxylation is 1. The molecule has 4 heteroatoms. The van der Waals surface area contributed by atoms with E-state index in [2.05, 4.69) is 16.7 Å². The fourth-order valence-electron chi connectivity index (χ4n) is 2.90. The molecule has 0 unspecified atom stereocenters. The summed E-state index contributed by atoms with van der Waals surface area (Å²) >= 11 is 5.99. The van der Waals surface area contributed by atoms with Crippen molar-refractivity contribution in [3.8, 4) is 0 Å². The number of nitrogens with zero attached hydrogens (tertiary/aromatic N) is 2. The molecule has 0 saturated heterocycles. The molecule has 3 nitrogen and oxygen atoms in total. The number of amides is 1. The number of rotatable bonds is 1. The van der Waals surface area contributed by atoms with E-state index in [1.807, 2.05) is 37.5 Å². The first-order valence-corrected chi connectivity index (χ1v) is 7.17. The van der Waals surface area contributed by atoms with E-state index in [-0.39, 0.29) is 5.91 Å². The lowest BCUT2D eigenvalue weighted by Gasteiger charge is -2.16. The maximum absolute atomic E-state index is 12.6. The van der Waals surface area contributed by atoms with Gasteiger partial charge in [0, 0.05) is 35.0 Å². The van der Waals surface area contributed by atoms with Crippen molar-refractivity contribution in [2.45, 2.75) is 6.54 Å². The first-order valence-electron chi connectivity index (χ1n) is 6.79. The van der Waals surface area contributed by atoms with Crippen LogP contribution in [0.15, 0.2) is 48.7 Å². The number of fused-ring (bicyclic) bond motifs is 2. The molecule has 0 bridgehead atoms. The molecule has 1 aliphatic heterocycles. The second-order valence-electron chi connectivity index (χ2n) is 5.36. The van der Waals surface area contributed by atoms with Crippen LogP contribution in [0.2, 0.25) is 5.02 Å². The number of hydrogen-bond acceptors (Lipinski definition) is 1. The number of anilines is 1. The zero-order valence-electron chi connectivity index (χ0n) is 11.5. The van der Waals surface area contributed by atoms with Crippen molar-refractivity contribution in [3.05, 3.63) is 64.8 Å². The summed E-state index contributed by atoms with van der Waals surface area (Å²) in [6, 6.07) is 13.7. The van der Waals surface area contributed by atoms with Crippen molar-refractivity contribution in [3.63, 3.8) is 0 Å². The van der Waals surface area contributed by atoms with Crippen LogP contribution >= 0.6 is 11.6 Å². The number of hydrogen-bond donors (Lipinski definition) is 0. The Balaban J connectivity index is 1.80. The van der Waals surface area contributed by atoms with Gasteiger partial charge in [-0.2, -0.15) is 0 Å². The SMILES string of the molecule is Cn1ccc2ccc(N3Cc4ccc(Cl)cc4C3=O)cc21. The summed E-state index contributed by atoms with van der Waals surface area (Å²) in [6.45, 7) is 0.598. The van der Waals surface area contributed by atoms with Crippen molar-refractivity contribution in [1.29, 1.82) is 0 Å². The lowest BCUT2D eigenvalue weighted by molar-refractivity contribution is 0.0996. The Morgan fingerprint density at radius 2 is 1.95 bits per heavy atom. The minimum absolute atomic E-state index is 0.0149. The van der Waals surface area contributed by atoms with Crippen molar-refractivity contribution < 1.29 is 4.79 Å². The Morgan fingerprint density at radius 3 is 2.81 bits per heavy atom. The second-order valence-corrected chi connectivity index (χ2v) is 5.80. The molecular weight excluding hydrogens is 284 g/mol. The number of benzene rings is 2. The molecular formula is C17H13ClN2O. The summed E-state index contributed by atoms with van der Waals surface area (Å²) in [5, 5.41) is 1.77. The largest absolute Gasteiger partial charge is 0.350 e. The van der Waals surface area contributed by atoms with Gasteiger partial charge in [-0.15, -0.1) is 0 Å². The predicted octanol–water partition coefficient (Wildman–Crippen LogP) is 3.99. The molecule has 4 rings (SSSR count). The topological polar surface area (TPSA) is 25.2 Å². The Labute approximate surface area is 127 Å². The van der Waals surface area contributed by atoms with E-state index in [1.165, 1.54) is 5.39 Å². The average molecular weight is 297 g/mol. The van der Waals surface area contributed by atoms with Crippen LogP contribution in [0.25, 0.3) is 10.9 Å². The van der Waals surface area contributed by atoms with E-state index < -0.39 is 0 Å². The Morgan fingerprint density at radius 1 is 1.10 bits per heavy atom.